The highest BCUT2D eigenvalue weighted by molar-refractivity contribution is 5.94. The van der Waals surface area contributed by atoms with Gasteiger partial charge in [-0.2, -0.15) is 0 Å². The van der Waals surface area contributed by atoms with Crippen molar-refractivity contribution in [2.24, 2.45) is 0 Å². The van der Waals surface area contributed by atoms with Gasteiger partial charge in [-0.25, -0.2) is 4.98 Å². The van der Waals surface area contributed by atoms with E-state index in [2.05, 4.69) is 66.5 Å². The molecule has 104 valence electrons. The third-order valence-corrected chi connectivity index (χ3v) is 4.20. The SMILES string of the molecule is CN(c1ccccc1)c1nc(C2CC2)cc2ccccc12. The van der Waals surface area contributed by atoms with Crippen molar-refractivity contribution in [3.63, 3.8) is 0 Å². The highest BCUT2D eigenvalue weighted by atomic mass is 15.2. The molecule has 0 spiro atoms. The maximum absolute atomic E-state index is 4.97. The van der Waals surface area contributed by atoms with Gasteiger partial charge in [-0.3, -0.25) is 0 Å². The number of nitrogens with zero attached hydrogens (tertiary/aromatic N) is 2. The summed E-state index contributed by atoms with van der Waals surface area (Å²) in [5.74, 6) is 1.72. The first-order valence-electron chi connectivity index (χ1n) is 7.51. The minimum Gasteiger partial charge on any atom is -0.329 e. The summed E-state index contributed by atoms with van der Waals surface area (Å²) in [6, 6.07) is 21.2. The van der Waals surface area contributed by atoms with Gasteiger partial charge >= 0.3 is 0 Å². The Bertz CT molecular complexity index is 776. The molecule has 0 atom stereocenters. The number of hydrogen-bond acceptors (Lipinski definition) is 2. The van der Waals surface area contributed by atoms with E-state index in [1.807, 2.05) is 6.07 Å². The van der Waals surface area contributed by atoms with Gasteiger partial charge in [0.2, 0.25) is 0 Å². The van der Waals surface area contributed by atoms with Crippen molar-refractivity contribution in [1.82, 2.24) is 4.98 Å². The molecule has 2 aromatic carbocycles. The zero-order valence-electron chi connectivity index (χ0n) is 12.2. The molecule has 0 aliphatic heterocycles. The Morgan fingerprint density at radius 3 is 2.43 bits per heavy atom. The van der Waals surface area contributed by atoms with Gasteiger partial charge in [0.25, 0.3) is 0 Å². The van der Waals surface area contributed by atoms with Crippen LogP contribution in [0.4, 0.5) is 11.5 Å². The maximum atomic E-state index is 4.97. The Balaban J connectivity index is 1.90. The van der Waals surface area contributed by atoms with Crippen molar-refractivity contribution in [1.29, 1.82) is 0 Å². The van der Waals surface area contributed by atoms with E-state index in [1.165, 1.54) is 35.0 Å². The second-order valence-electron chi connectivity index (χ2n) is 5.76. The van der Waals surface area contributed by atoms with Gasteiger partial charge in [-0.05, 0) is 36.4 Å². The lowest BCUT2D eigenvalue weighted by Gasteiger charge is -2.21. The number of anilines is 2. The van der Waals surface area contributed by atoms with Crippen molar-refractivity contribution in [2.45, 2.75) is 18.8 Å². The predicted octanol–water partition coefficient (Wildman–Crippen LogP) is 4.88. The summed E-state index contributed by atoms with van der Waals surface area (Å²) in [5.41, 5.74) is 2.41. The summed E-state index contributed by atoms with van der Waals surface area (Å²) in [7, 11) is 2.10. The van der Waals surface area contributed by atoms with Crippen molar-refractivity contribution in [2.75, 3.05) is 11.9 Å². The summed E-state index contributed by atoms with van der Waals surface area (Å²) in [6.45, 7) is 0. The lowest BCUT2D eigenvalue weighted by atomic mass is 10.1. The zero-order chi connectivity index (χ0) is 14.2. The van der Waals surface area contributed by atoms with E-state index < -0.39 is 0 Å². The van der Waals surface area contributed by atoms with E-state index in [9.17, 15) is 0 Å². The average molecular weight is 274 g/mol. The van der Waals surface area contributed by atoms with Crippen LogP contribution in [0.25, 0.3) is 10.8 Å². The number of fused-ring (bicyclic) bond motifs is 1. The summed E-state index contributed by atoms with van der Waals surface area (Å²) in [5, 5.41) is 2.50. The van der Waals surface area contributed by atoms with E-state index in [4.69, 9.17) is 4.98 Å². The maximum Gasteiger partial charge on any atom is 0.140 e. The largest absolute Gasteiger partial charge is 0.329 e. The molecule has 0 bridgehead atoms. The van der Waals surface area contributed by atoms with Crippen LogP contribution >= 0.6 is 0 Å². The van der Waals surface area contributed by atoms with Gasteiger partial charge in [0.05, 0.1) is 0 Å². The fourth-order valence-corrected chi connectivity index (χ4v) is 2.82. The van der Waals surface area contributed by atoms with Crippen LogP contribution in [0.3, 0.4) is 0 Å². The minimum atomic E-state index is 0.664. The molecule has 0 N–H and O–H groups in total. The molecular formula is C19H18N2. The average Bonchev–Trinajstić information content (AvgIpc) is 3.39. The van der Waals surface area contributed by atoms with E-state index in [0.717, 1.165) is 5.82 Å². The van der Waals surface area contributed by atoms with E-state index in [0.29, 0.717) is 5.92 Å². The molecule has 2 nitrogen and oxygen atoms in total. The van der Waals surface area contributed by atoms with E-state index in [-0.39, 0.29) is 0 Å². The van der Waals surface area contributed by atoms with Crippen molar-refractivity contribution >= 4 is 22.3 Å². The van der Waals surface area contributed by atoms with Crippen LogP contribution in [-0.2, 0) is 0 Å². The van der Waals surface area contributed by atoms with Crippen LogP contribution in [0, 0.1) is 0 Å². The molecule has 1 saturated carbocycles. The molecule has 1 fully saturated rings. The molecule has 0 unspecified atom stereocenters. The predicted molar refractivity (Wildman–Crippen MR) is 88.2 cm³/mol. The molecule has 1 aliphatic carbocycles. The Labute approximate surface area is 125 Å². The molecular weight excluding hydrogens is 256 g/mol. The van der Waals surface area contributed by atoms with E-state index in [1.54, 1.807) is 0 Å². The molecule has 1 aliphatic rings. The van der Waals surface area contributed by atoms with Crippen LogP contribution < -0.4 is 4.90 Å². The van der Waals surface area contributed by atoms with Crippen LogP contribution in [0.2, 0.25) is 0 Å². The van der Waals surface area contributed by atoms with Crippen molar-refractivity contribution in [3.8, 4) is 0 Å². The first-order valence-corrected chi connectivity index (χ1v) is 7.51. The lowest BCUT2D eigenvalue weighted by Crippen LogP contribution is -2.12. The van der Waals surface area contributed by atoms with Crippen molar-refractivity contribution in [3.05, 3.63) is 66.4 Å². The van der Waals surface area contributed by atoms with Gasteiger partial charge in [-0.1, -0.05) is 42.5 Å². The Morgan fingerprint density at radius 1 is 0.952 bits per heavy atom. The Morgan fingerprint density at radius 2 is 1.67 bits per heavy atom. The number of benzene rings is 2. The van der Waals surface area contributed by atoms with Crippen LogP contribution in [0.1, 0.15) is 24.5 Å². The number of hydrogen-bond donors (Lipinski definition) is 0. The highest BCUT2D eigenvalue weighted by Gasteiger charge is 2.26. The van der Waals surface area contributed by atoms with Gasteiger partial charge in [0.1, 0.15) is 5.82 Å². The molecule has 2 heteroatoms. The van der Waals surface area contributed by atoms with Crippen LogP contribution in [0.15, 0.2) is 60.7 Å². The molecule has 3 aromatic rings. The van der Waals surface area contributed by atoms with Crippen molar-refractivity contribution < 1.29 is 0 Å². The first-order chi connectivity index (χ1) is 10.3. The normalized spacial score (nSPS) is 14.3. The van der Waals surface area contributed by atoms with Crippen LogP contribution in [0.5, 0.6) is 0 Å². The molecule has 0 amide bonds. The summed E-state index contributed by atoms with van der Waals surface area (Å²) >= 11 is 0. The molecule has 1 aromatic heterocycles. The molecule has 21 heavy (non-hydrogen) atoms. The first kappa shape index (κ1) is 12.4. The fourth-order valence-electron chi connectivity index (χ4n) is 2.82. The summed E-state index contributed by atoms with van der Waals surface area (Å²) in [6.07, 6.45) is 2.56. The minimum absolute atomic E-state index is 0.664. The third-order valence-electron chi connectivity index (χ3n) is 4.20. The molecule has 4 rings (SSSR count). The van der Waals surface area contributed by atoms with Gasteiger partial charge in [0.15, 0.2) is 0 Å². The van der Waals surface area contributed by atoms with E-state index >= 15 is 0 Å². The standard InChI is InChI=1S/C19H18N2/c1-21(16-8-3-2-4-9-16)19-17-10-6-5-7-15(17)13-18(20-19)14-11-12-14/h2-10,13-14H,11-12H2,1H3. The molecule has 1 heterocycles. The highest BCUT2D eigenvalue weighted by Crippen LogP contribution is 2.41. The van der Waals surface area contributed by atoms with Gasteiger partial charge in [0, 0.05) is 29.7 Å². The van der Waals surface area contributed by atoms with Crippen LogP contribution in [-0.4, -0.2) is 12.0 Å². The number of pyridine rings is 1. The van der Waals surface area contributed by atoms with Gasteiger partial charge in [-0.15, -0.1) is 0 Å². The second kappa shape index (κ2) is 4.88. The fraction of sp³-hybridized carbons (Fsp3) is 0.211. The number of rotatable bonds is 3. The Hall–Kier alpha value is -2.35. The zero-order valence-corrected chi connectivity index (χ0v) is 12.2. The Kier molecular flexibility index (Phi) is 2.88. The molecule has 0 saturated heterocycles. The summed E-state index contributed by atoms with van der Waals surface area (Å²) < 4.78 is 0. The topological polar surface area (TPSA) is 16.1 Å². The summed E-state index contributed by atoms with van der Waals surface area (Å²) in [4.78, 5) is 7.15. The number of para-hydroxylation sites is 1. The number of aromatic nitrogens is 1. The van der Waals surface area contributed by atoms with Gasteiger partial charge < -0.3 is 4.90 Å². The quantitative estimate of drug-likeness (QED) is 0.676. The monoisotopic (exact) mass is 274 g/mol. The third kappa shape index (κ3) is 2.27. The molecule has 0 radical (unpaired) electrons. The second-order valence-corrected chi connectivity index (χ2v) is 5.76. The smallest absolute Gasteiger partial charge is 0.140 e. The lowest BCUT2D eigenvalue weighted by molar-refractivity contribution is 1.01.